The smallest absolute Gasteiger partial charge is 0.318 e. The van der Waals surface area contributed by atoms with Crippen LogP contribution in [0, 0.1) is 17.8 Å². The second-order valence-electron chi connectivity index (χ2n) is 10.3. The van der Waals surface area contributed by atoms with Gasteiger partial charge in [-0.2, -0.15) is 13.1 Å². The lowest BCUT2D eigenvalue weighted by atomic mass is 9.51. The molecule has 2 unspecified atom stereocenters. The molecule has 1 aromatic rings. The van der Waals surface area contributed by atoms with Gasteiger partial charge in [-0.3, -0.25) is 0 Å². The Balaban J connectivity index is 1.25. The molecule has 29 heavy (non-hydrogen) atoms. The summed E-state index contributed by atoms with van der Waals surface area (Å²) >= 11 is 0. The molecule has 0 radical (unpaired) electrons. The average molecular weight is 417 g/mol. The van der Waals surface area contributed by atoms with E-state index >= 15 is 0 Å². The average Bonchev–Trinajstić information content (AvgIpc) is 3.10. The minimum atomic E-state index is -3.73. The normalized spacial score (nSPS) is 39.2. The van der Waals surface area contributed by atoms with Crippen molar-refractivity contribution in [3.63, 3.8) is 0 Å². The predicted molar refractivity (Wildman–Crippen MR) is 108 cm³/mol. The minimum absolute atomic E-state index is 0.0590. The Hall–Kier alpha value is -1.64. The van der Waals surface area contributed by atoms with Gasteiger partial charge in [0, 0.05) is 18.1 Å². The summed E-state index contributed by atoms with van der Waals surface area (Å²) in [5.41, 5.74) is 2.09. The number of carbonyl (C=O) groups excluding carboxylic acids is 1. The number of carbonyl (C=O) groups is 1. The van der Waals surface area contributed by atoms with Gasteiger partial charge < -0.3 is 10.2 Å². The zero-order valence-electron chi connectivity index (χ0n) is 16.4. The lowest BCUT2D eigenvalue weighted by Crippen LogP contribution is -2.67. The van der Waals surface area contributed by atoms with Crippen molar-refractivity contribution in [1.82, 2.24) is 14.9 Å². The highest BCUT2D eigenvalue weighted by atomic mass is 32.2. The lowest BCUT2D eigenvalue weighted by molar-refractivity contribution is -0.0667. The summed E-state index contributed by atoms with van der Waals surface area (Å²) in [4.78, 5) is 15.2. The standard InChI is InChI=1S/C21H28N4O3S/c22-29(27,28)24-20-7-13-5-16(10-20)18(17(6-13)11-20)25-12-21(23-19(25)26)8-14-3-1-2-4-15(14)9-21/h1-4,13,16-18,24H,5-12H2,(H,23,26)(H2,22,27,28). The van der Waals surface area contributed by atoms with Crippen LogP contribution >= 0.6 is 0 Å². The van der Waals surface area contributed by atoms with Crippen molar-refractivity contribution in [3.05, 3.63) is 35.4 Å². The number of benzene rings is 1. The van der Waals surface area contributed by atoms with Gasteiger partial charge in [-0.1, -0.05) is 24.3 Å². The summed E-state index contributed by atoms with van der Waals surface area (Å²) in [7, 11) is -3.73. The Morgan fingerprint density at radius 3 is 2.28 bits per heavy atom. The molecule has 8 heteroatoms. The molecule has 2 atom stereocenters. The van der Waals surface area contributed by atoms with Crippen molar-refractivity contribution in [2.75, 3.05) is 6.54 Å². The first kappa shape index (κ1) is 18.2. The molecule has 7 nitrogen and oxygen atoms in total. The highest BCUT2D eigenvalue weighted by Gasteiger charge is 2.60. The number of hydrogen-bond donors (Lipinski definition) is 3. The molecule has 1 spiro atoms. The molecule has 4 N–H and O–H groups in total. The molecule has 156 valence electrons. The van der Waals surface area contributed by atoms with Gasteiger partial charge in [0.05, 0.1) is 5.54 Å². The third-order valence-electron chi connectivity index (χ3n) is 8.22. The number of amides is 2. The fraction of sp³-hybridized carbons (Fsp3) is 0.667. The van der Waals surface area contributed by atoms with Crippen LogP contribution in [0.2, 0.25) is 0 Å². The highest BCUT2D eigenvalue weighted by Crippen LogP contribution is 2.57. The van der Waals surface area contributed by atoms with Crippen molar-refractivity contribution >= 4 is 16.2 Å². The Morgan fingerprint density at radius 2 is 1.69 bits per heavy atom. The maximum absolute atomic E-state index is 13.1. The number of rotatable bonds is 3. The van der Waals surface area contributed by atoms with E-state index < -0.39 is 15.7 Å². The second-order valence-corrected chi connectivity index (χ2v) is 11.6. The molecule has 1 saturated heterocycles. The topological polar surface area (TPSA) is 105 Å². The number of nitrogens with one attached hydrogen (secondary N) is 2. The molecule has 2 amide bonds. The molecule has 4 bridgehead atoms. The Bertz CT molecular complexity index is 952. The summed E-state index contributed by atoms with van der Waals surface area (Å²) in [6, 6.07) is 8.76. The molecule has 4 saturated carbocycles. The quantitative estimate of drug-likeness (QED) is 0.691. The second kappa shape index (κ2) is 5.74. The first-order chi connectivity index (χ1) is 13.7. The van der Waals surface area contributed by atoms with Crippen LogP contribution in [0.1, 0.15) is 43.2 Å². The maximum atomic E-state index is 13.1. The van der Waals surface area contributed by atoms with E-state index in [1.165, 1.54) is 11.1 Å². The van der Waals surface area contributed by atoms with Crippen LogP contribution in [-0.2, 0) is 23.1 Å². The number of nitrogens with two attached hydrogens (primary N) is 1. The fourth-order valence-corrected chi connectivity index (χ4v) is 8.66. The molecule has 1 heterocycles. The third-order valence-corrected chi connectivity index (χ3v) is 8.94. The number of fused-ring (bicyclic) bond motifs is 1. The highest BCUT2D eigenvalue weighted by molar-refractivity contribution is 7.87. The molecule has 7 rings (SSSR count). The monoisotopic (exact) mass is 416 g/mol. The summed E-state index contributed by atoms with van der Waals surface area (Å²) < 4.78 is 26.3. The van der Waals surface area contributed by atoms with E-state index in [0.717, 1.165) is 51.5 Å². The van der Waals surface area contributed by atoms with Crippen LogP contribution in [0.25, 0.3) is 0 Å². The maximum Gasteiger partial charge on any atom is 0.318 e. The van der Waals surface area contributed by atoms with Crippen molar-refractivity contribution in [2.45, 2.75) is 62.1 Å². The van der Waals surface area contributed by atoms with Crippen molar-refractivity contribution < 1.29 is 13.2 Å². The molecule has 1 aliphatic heterocycles. The first-order valence-electron chi connectivity index (χ1n) is 10.7. The predicted octanol–water partition coefficient (Wildman–Crippen LogP) is 1.29. The van der Waals surface area contributed by atoms with Gasteiger partial charge in [0.15, 0.2) is 0 Å². The molecule has 0 aromatic heterocycles. The van der Waals surface area contributed by atoms with Gasteiger partial charge in [0.1, 0.15) is 0 Å². The first-order valence-corrected chi connectivity index (χ1v) is 12.3. The molecule has 5 aliphatic carbocycles. The third kappa shape index (κ3) is 2.83. The Morgan fingerprint density at radius 1 is 1.07 bits per heavy atom. The summed E-state index contributed by atoms with van der Waals surface area (Å²) in [6.07, 6.45) is 6.43. The summed E-state index contributed by atoms with van der Waals surface area (Å²) in [5, 5.41) is 8.68. The Kier molecular flexibility index (Phi) is 3.59. The van der Waals surface area contributed by atoms with Gasteiger partial charge >= 0.3 is 6.03 Å². The summed E-state index contributed by atoms with van der Waals surface area (Å²) in [6.45, 7) is 0.748. The zero-order valence-corrected chi connectivity index (χ0v) is 17.2. The van der Waals surface area contributed by atoms with Crippen LogP contribution in [0.15, 0.2) is 24.3 Å². The van der Waals surface area contributed by atoms with Gasteiger partial charge in [-0.05, 0) is 73.8 Å². The molecular formula is C21H28N4O3S. The van der Waals surface area contributed by atoms with Crippen molar-refractivity contribution in [3.8, 4) is 0 Å². The van der Waals surface area contributed by atoms with Crippen LogP contribution in [0.5, 0.6) is 0 Å². The molecule has 5 fully saturated rings. The Labute approximate surface area is 171 Å². The fourth-order valence-electron chi connectivity index (χ4n) is 7.80. The van der Waals surface area contributed by atoms with Gasteiger partial charge in [0.2, 0.25) is 0 Å². The van der Waals surface area contributed by atoms with E-state index in [9.17, 15) is 13.2 Å². The summed E-state index contributed by atoms with van der Waals surface area (Å²) in [5.74, 6) is 1.23. The van der Waals surface area contributed by atoms with Gasteiger partial charge in [0.25, 0.3) is 10.2 Å². The number of nitrogens with zero attached hydrogens (tertiary/aromatic N) is 1. The van der Waals surface area contributed by atoms with Crippen LogP contribution < -0.4 is 15.2 Å². The molecule has 6 aliphatic rings. The number of hydrogen-bond acceptors (Lipinski definition) is 3. The lowest BCUT2D eigenvalue weighted by Gasteiger charge is -2.61. The van der Waals surface area contributed by atoms with E-state index in [1.807, 2.05) is 0 Å². The van der Waals surface area contributed by atoms with Crippen LogP contribution in [0.4, 0.5) is 4.79 Å². The van der Waals surface area contributed by atoms with Crippen LogP contribution in [0.3, 0.4) is 0 Å². The molecular weight excluding hydrogens is 388 g/mol. The van der Waals surface area contributed by atoms with E-state index in [2.05, 4.69) is 39.2 Å². The van der Waals surface area contributed by atoms with Crippen LogP contribution in [-0.4, -0.2) is 43.0 Å². The van der Waals surface area contributed by atoms with Crippen molar-refractivity contribution in [2.24, 2.45) is 22.9 Å². The number of urea groups is 1. The largest absolute Gasteiger partial charge is 0.330 e. The van der Waals surface area contributed by atoms with Gasteiger partial charge in [-0.25, -0.2) is 9.93 Å². The van der Waals surface area contributed by atoms with E-state index in [0.29, 0.717) is 17.8 Å². The van der Waals surface area contributed by atoms with Gasteiger partial charge in [-0.15, -0.1) is 0 Å². The minimum Gasteiger partial charge on any atom is -0.330 e. The van der Waals surface area contributed by atoms with E-state index in [4.69, 9.17) is 5.14 Å². The van der Waals surface area contributed by atoms with E-state index in [1.54, 1.807) is 0 Å². The zero-order chi connectivity index (χ0) is 20.0. The van der Waals surface area contributed by atoms with E-state index in [-0.39, 0.29) is 17.6 Å². The van der Waals surface area contributed by atoms with Crippen molar-refractivity contribution in [1.29, 1.82) is 0 Å². The SMILES string of the molecule is NS(=O)(=O)NC12CC3CC(C1)C(N1CC4(Cc5ccccc5C4)NC1=O)C(C3)C2. The molecule has 1 aromatic carbocycles.